The van der Waals surface area contributed by atoms with Crippen LogP contribution in [0.25, 0.3) is 0 Å². The fraction of sp³-hybridized carbons (Fsp3) is 0.600. The highest BCUT2D eigenvalue weighted by Crippen LogP contribution is 2.12. The largest absolute Gasteiger partial charge is 0.508 e. The van der Waals surface area contributed by atoms with Gasteiger partial charge in [-0.3, -0.25) is 0 Å². The number of rotatable bonds is 0. The van der Waals surface area contributed by atoms with Crippen LogP contribution in [0.3, 0.4) is 0 Å². The van der Waals surface area contributed by atoms with Crippen molar-refractivity contribution in [3.05, 3.63) is 29.8 Å². The van der Waals surface area contributed by atoms with Crippen LogP contribution >= 0.6 is 0 Å². The Morgan fingerprint density at radius 3 is 1.19 bits per heavy atom. The van der Waals surface area contributed by atoms with E-state index in [9.17, 15) is 0 Å². The van der Waals surface area contributed by atoms with E-state index in [0.717, 1.165) is 5.56 Å². The minimum atomic E-state index is 0.368. The van der Waals surface area contributed by atoms with Crippen LogP contribution in [0.2, 0.25) is 0 Å². The Balaban J connectivity index is -0.0000000771. The van der Waals surface area contributed by atoms with Crippen molar-refractivity contribution >= 4 is 0 Å². The smallest absolute Gasteiger partial charge is 0.118 e. The molecule has 1 heteroatoms. The Bertz CT molecular complexity index is 162. The second-order valence-corrected chi connectivity index (χ2v) is 1.79. The zero-order valence-electron chi connectivity index (χ0n) is 12.8. The van der Waals surface area contributed by atoms with Crippen LogP contribution in [-0.2, 0) is 0 Å². The van der Waals surface area contributed by atoms with Crippen molar-refractivity contribution in [2.24, 2.45) is 0 Å². The summed E-state index contributed by atoms with van der Waals surface area (Å²) in [5, 5.41) is 8.92. The molecule has 0 saturated heterocycles. The topological polar surface area (TPSA) is 20.2 Å². The van der Waals surface area contributed by atoms with E-state index >= 15 is 0 Å². The molecule has 1 nitrogen and oxygen atoms in total. The average Bonchev–Trinajstić information content (AvgIpc) is 2.42. The molecule has 0 unspecified atom stereocenters. The third-order valence-electron chi connectivity index (χ3n) is 1.12. The first kappa shape index (κ1) is 24.3. The normalized spacial score (nSPS) is 6.06. The van der Waals surface area contributed by atoms with Gasteiger partial charge in [-0.15, -0.1) is 0 Å². The molecule has 0 bridgehead atoms. The molecule has 0 radical (unpaired) electrons. The number of aromatic hydroxyl groups is 1. The van der Waals surface area contributed by atoms with Gasteiger partial charge in [0.2, 0.25) is 0 Å². The molecule has 0 atom stereocenters. The van der Waals surface area contributed by atoms with Gasteiger partial charge in [0.1, 0.15) is 5.75 Å². The van der Waals surface area contributed by atoms with Gasteiger partial charge >= 0.3 is 0 Å². The molecule has 0 spiro atoms. The van der Waals surface area contributed by atoms with Gasteiger partial charge in [-0.05, 0) is 18.6 Å². The Labute approximate surface area is 104 Å². The van der Waals surface area contributed by atoms with Crippen LogP contribution in [-0.4, -0.2) is 5.11 Å². The lowest BCUT2D eigenvalue weighted by Gasteiger charge is -1.92. The summed E-state index contributed by atoms with van der Waals surface area (Å²) in [6.45, 7) is 17.9. The Morgan fingerprint density at radius 2 is 1.00 bits per heavy atom. The lowest BCUT2D eigenvalue weighted by Crippen LogP contribution is -1.68. The van der Waals surface area contributed by atoms with Gasteiger partial charge in [-0.1, -0.05) is 73.6 Å². The molecule has 16 heavy (non-hydrogen) atoms. The molecule has 0 aliphatic carbocycles. The van der Waals surface area contributed by atoms with Crippen LogP contribution in [0.1, 0.15) is 61.0 Å². The monoisotopic (exact) mass is 228 g/mol. The van der Waals surface area contributed by atoms with Crippen LogP contribution in [0.4, 0.5) is 0 Å². The number of para-hydroxylation sites is 1. The molecule has 1 aromatic rings. The van der Waals surface area contributed by atoms with E-state index in [4.69, 9.17) is 5.11 Å². The molecule has 0 amide bonds. The Hall–Kier alpha value is -0.980. The highest BCUT2D eigenvalue weighted by atomic mass is 16.3. The summed E-state index contributed by atoms with van der Waals surface area (Å²) < 4.78 is 0. The number of benzene rings is 1. The number of phenolic OH excluding ortho intramolecular Hbond substituents is 1. The van der Waals surface area contributed by atoms with E-state index in [1.165, 1.54) is 0 Å². The maximum atomic E-state index is 8.92. The number of hydrogen-bond acceptors (Lipinski definition) is 1. The highest BCUT2D eigenvalue weighted by Gasteiger charge is 1.86. The van der Waals surface area contributed by atoms with E-state index in [1.54, 1.807) is 6.07 Å². The molecular formula is C15H32O. The molecule has 0 aliphatic rings. The summed E-state index contributed by atoms with van der Waals surface area (Å²) in [6.07, 6.45) is 0. The van der Waals surface area contributed by atoms with E-state index in [-0.39, 0.29) is 0 Å². The van der Waals surface area contributed by atoms with Gasteiger partial charge in [-0.25, -0.2) is 0 Å². The fourth-order valence-corrected chi connectivity index (χ4v) is 0.563. The number of aryl methyl sites for hydroxylation is 1. The van der Waals surface area contributed by atoms with Crippen LogP contribution < -0.4 is 0 Å². The second-order valence-electron chi connectivity index (χ2n) is 1.79. The van der Waals surface area contributed by atoms with E-state index < -0.39 is 0 Å². The van der Waals surface area contributed by atoms with Gasteiger partial charge in [0.05, 0.1) is 0 Å². The zero-order chi connectivity index (χ0) is 14.0. The molecule has 0 saturated carbocycles. The van der Waals surface area contributed by atoms with Crippen molar-refractivity contribution in [1.29, 1.82) is 0 Å². The first-order chi connectivity index (χ1) is 7.80. The van der Waals surface area contributed by atoms with Crippen LogP contribution in [0.15, 0.2) is 24.3 Å². The lowest BCUT2D eigenvalue weighted by molar-refractivity contribution is 0.471. The van der Waals surface area contributed by atoms with Crippen molar-refractivity contribution in [2.75, 3.05) is 0 Å². The van der Waals surface area contributed by atoms with Crippen molar-refractivity contribution in [3.63, 3.8) is 0 Å². The van der Waals surface area contributed by atoms with E-state index in [2.05, 4.69) is 0 Å². The zero-order valence-corrected chi connectivity index (χ0v) is 12.8. The quantitative estimate of drug-likeness (QED) is 0.594. The molecule has 0 heterocycles. The maximum Gasteiger partial charge on any atom is 0.118 e. The van der Waals surface area contributed by atoms with Gasteiger partial charge in [0, 0.05) is 0 Å². The van der Waals surface area contributed by atoms with Crippen molar-refractivity contribution < 1.29 is 5.11 Å². The standard InChI is InChI=1S/C7H8O.4C2H6/c1-6-4-2-3-5-7(6)8;4*1-2/h2-5,8H,1H3;4*1-2H3. The first-order valence-corrected chi connectivity index (χ1v) is 6.55. The van der Waals surface area contributed by atoms with Gasteiger partial charge in [0.25, 0.3) is 0 Å². The summed E-state index contributed by atoms with van der Waals surface area (Å²) in [5.74, 6) is 0.368. The summed E-state index contributed by atoms with van der Waals surface area (Å²) in [4.78, 5) is 0. The van der Waals surface area contributed by atoms with Gasteiger partial charge in [-0.2, -0.15) is 0 Å². The molecular weight excluding hydrogens is 196 g/mol. The maximum absolute atomic E-state index is 8.92. The number of hydrogen-bond donors (Lipinski definition) is 1. The van der Waals surface area contributed by atoms with E-state index in [0.29, 0.717) is 5.75 Å². The predicted molar refractivity (Wildman–Crippen MR) is 78.2 cm³/mol. The van der Waals surface area contributed by atoms with Crippen molar-refractivity contribution in [1.82, 2.24) is 0 Å². The molecule has 0 aliphatic heterocycles. The van der Waals surface area contributed by atoms with E-state index in [1.807, 2.05) is 80.5 Å². The summed E-state index contributed by atoms with van der Waals surface area (Å²) in [6, 6.07) is 7.25. The third-order valence-corrected chi connectivity index (χ3v) is 1.12. The Morgan fingerprint density at radius 1 is 0.688 bits per heavy atom. The SMILES string of the molecule is CC.CC.CC.CC.Cc1ccccc1O. The highest BCUT2D eigenvalue weighted by molar-refractivity contribution is 5.29. The second kappa shape index (κ2) is 29.2. The lowest BCUT2D eigenvalue weighted by atomic mass is 10.2. The molecule has 1 aromatic carbocycles. The van der Waals surface area contributed by atoms with Crippen LogP contribution in [0.5, 0.6) is 5.75 Å². The van der Waals surface area contributed by atoms with Gasteiger partial charge < -0.3 is 5.11 Å². The Kier molecular flexibility index (Phi) is 44.4. The molecule has 0 fully saturated rings. The molecule has 1 N–H and O–H groups in total. The number of phenols is 1. The third kappa shape index (κ3) is 18.7. The summed E-state index contributed by atoms with van der Waals surface area (Å²) in [5.41, 5.74) is 0.924. The first-order valence-electron chi connectivity index (χ1n) is 6.55. The fourth-order valence-electron chi connectivity index (χ4n) is 0.563. The van der Waals surface area contributed by atoms with Crippen molar-refractivity contribution in [3.8, 4) is 5.75 Å². The summed E-state index contributed by atoms with van der Waals surface area (Å²) in [7, 11) is 0. The predicted octanol–water partition coefficient (Wildman–Crippen LogP) is 5.81. The molecule has 1 rings (SSSR count). The van der Waals surface area contributed by atoms with Crippen LogP contribution in [0, 0.1) is 6.92 Å². The molecule has 0 aromatic heterocycles. The van der Waals surface area contributed by atoms with Crippen molar-refractivity contribution in [2.45, 2.75) is 62.3 Å². The average molecular weight is 228 g/mol. The van der Waals surface area contributed by atoms with Gasteiger partial charge in [0.15, 0.2) is 0 Å². The minimum absolute atomic E-state index is 0.368. The minimum Gasteiger partial charge on any atom is -0.508 e. The summed E-state index contributed by atoms with van der Waals surface area (Å²) >= 11 is 0. The molecule has 98 valence electrons.